The molecule has 0 bridgehead atoms. The molecule has 1 N–H and O–H groups in total. The summed E-state index contributed by atoms with van der Waals surface area (Å²) >= 11 is 12.8. The number of hydrogen-bond donors (Lipinski definition) is 1. The molecule has 1 aromatic heterocycles. The molecule has 4 rings (SSSR count). The molecule has 1 atom stereocenters. The number of halogens is 2. The average molecular weight is 470 g/mol. The van der Waals surface area contributed by atoms with E-state index in [1.54, 1.807) is 47.6 Å². The number of pyridine rings is 1. The number of hydrogen-bond acceptors (Lipinski definition) is 4. The Hall–Kier alpha value is -2.63. The SMILES string of the molecule is C=CCCC(=O)N1c2ccncc2NC2=C(C(=O)CC(C)(C)C2)C1c1ccc(Cl)cc1Cl. The van der Waals surface area contributed by atoms with Crippen molar-refractivity contribution in [1.82, 2.24) is 4.98 Å². The number of aromatic nitrogens is 1. The van der Waals surface area contributed by atoms with E-state index in [9.17, 15) is 9.59 Å². The van der Waals surface area contributed by atoms with Crippen molar-refractivity contribution in [3.8, 4) is 0 Å². The average Bonchev–Trinajstić information content (AvgIpc) is 2.85. The quantitative estimate of drug-likeness (QED) is 0.519. The lowest BCUT2D eigenvalue weighted by molar-refractivity contribution is -0.119. The van der Waals surface area contributed by atoms with Crippen molar-refractivity contribution in [2.24, 2.45) is 5.41 Å². The van der Waals surface area contributed by atoms with Crippen LogP contribution in [0.4, 0.5) is 11.4 Å². The van der Waals surface area contributed by atoms with Crippen LogP contribution in [0.25, 0.3) is 0 Å². The van der Waals surface area contributed by atoms with E-state index < -0.39 is 6.04 Å². The van der Waals surface area contributed by atoms with E-state index in [0.29, 0.717) is 51.8 Å². The van der Waals surface area contributed by atoms with Crippen molar-refractivity contribution in [2.75, 3.05) is 10.2 Å². The minimum Gasteiger partial charge on any atom is -0.356 e. The maximum atomic E-state index is 13.6. The summed E-state index contributed by atoms with van der Waals surface area (Å²) in [5, 5.41) is 4.33. The minimum atomic E-state index is -0.674. The monoisotopic (exact) mass is 469 g/mol. The van der Waals surface area contributed by atoms with Crippen LogP contribution >= 0.6 is 23.2 Å². The van der Waals surface area contributed by atoms with E-state index in [-0.39, 0.29) is 23.5 Å². The Kier molecular flexibility index (Phi) is 6.15. The first kappa shape index (κ1) is 22.6. The van der Waals surface area contributed by atoms with Gasteiger partial charge in [0.2, 0.25) is 5.91 Å². The molecular weight excluding hydrogens is 445 g/mol. The number of rotatable bonds is 4. The summed E-state index contributed by atoms with van der Waals surface area (Å²) in [6, 6.07) is 6.30. The summed E-state index contributed by atoms with van der Waals surface area (Å²) in [7, 11) is 0. The molecule has 1 aromatic carbocycles. The number of benzene rings is 1. The van der Waals surface area contributed by atoms with Gasteiger partial charge in [0, 0.05) is 40.4 Å². The Morgan fingerprint density at radius 3 is 2.81 bits per heavy atom. The molecular formula is C25H25Cl2N3O2. The first-order chi connectivity index (χ1) is 15.2. The molecule has 166 valence electrons. The van der Waals surface area contributed by atoms with Crippen LogP contribution in [0, 0.1) is 5.41 Å². The molecule has 2 heterocycles. The van der Waals surface area contributed by atoms with Gasteiger partial charge in [0.25, 0.3) is 0 Å². The molecule has 32 heavy (non-hydrogen) atoms. The van der Waals surface area contributed by atoms with Gasteiger partial charge in [0.05, 0.1) is 23.6 Å². The predicted molar refractivity (Wildman–Crippen MR) is 129 cm³/mol. The fourth-order valence-electron chi connectivity index (χ4n) is 4.53. The third kappa shape index (κ3) is 4.19. The molecule has 0 fully saturated rings. The fourth-order valence-corrected chi connectivity index (χ4v) is 5.04. The van der Waals surface area contributed by atoms with Crippen molar-refractivity contribution in [1.29, 1.82) is 0 Å². The number of Topliss-reactive ketones (excluding diaryl/α,β-unsaturated/α-hetero) is 1. The highest BCUT2D eigenvalue weighted by Gasteiger charge is 2.43. The minimum absolute atomic E-state index is 0.00190. The lowest BCUT2D eigenvalue weighted by atomic mass is 9.73. The highest BCUT2D eigenvalue weighted by molar-refractivity contribution is 6.35. The molecule has 1 aliphatic carbocycles. The number of fused-ring (bicyclic) bond motifs is 1. The van der Waals surface area contributed by atoms with Gasteiger partial charge in [-0.1, -0.05) is 49.2 Å². The van der Waals surface area contributed by atoms with Gasteiger partial charge in [-0.3, -0.25) is 19.5 Å². The van der Waals surface area contributed by atoms with Crippen molar-refractivity contribution >= 4 is 46.3 Å². The fraction of sp³-hybridized carbons (Fsp3) is 0.320. The first-order valence-electron chi connectivity index (χ1n) is 10.6. The second kappa shape index (κ2) is 8.72. The Bertz CT molecular complexity index is 1140. The lowest BCUT2D eigenvalue weighted by Crippen LogP contribution is -2.39. The molecule has 0 saturated heterocycles. The summed E-state index contributed by atoms with van der Waals surface area (Å²) in [4.78, 5) is 33.1. The van der Waals surface area contributed by atoms with E-state index >= 15 is 0 Å². The lowest BCUT2D eigenvalue weighted by Gasteiger charge is -2.37. The van der Waals surface area contributed by atoms with Crippen molar-refractivity contribution in [3.05, 3.63) is 76.2 Å². The van der Waals surface area contributed by atoms with E-state index in [0.717, 1.165) is 5.70 Å². The smallest absolute Gasteiger partial charge is 0.228 e. The second-order valence-corrected chi connectivity index (χ2v) is 9.85. The van der Waals surface area contributed by atoms with E-state index in [1.807, 2.05) is 0 Å². The van der Waals surface area contributed by atoms with Gasteiger partial charge in [-0.25, -0.2) is 0 Å². The van der Waals surface area contributed by atoms with Crippen molar-refractivity contribution < 1.29 is 9.59 Å². The molecule has 0 spiro atoms. The van der Waals surface area contributed by atoms with Gasteiger partial charge < -0.3 is 5.32 Å². The molecule has 1 amide bonds. The zero-order chi connectivity index (χ0) is 23.0. The van der Waals surface area contributed by atoms with Crippen LogP contribution in [0.15, 0.2) is 60.6 Å². The van der Waals surface area contributed by atoms with Crippen LogP contribution in [0.1, 0.15) is 51.1 Å². The molecule has 0 radical (unpaired) electrons. The van der Waals surface area contributed by atoms with Crippen LogP contribution in [-0.2, 0) is 9.59 Å². The standard InChI is InChI=1S/C25H25Cl2N3O2/c1-4-5-6-22(32)30-20-9-10-28-14-19(20)29-18-12-25(2,3)13-21(31)23(18)24(30)16-8-7-15(26)11-17(16)27/h4,7-11,14,24,29H,1,5-6,12-13H2,2-3H3. The van der Waals surface area contributed by atoms with Gasteiger partial charge in [-0.05, 0) is 42.0 Å². The van der Waals surface area contributed by atoms with E-state index in [4.69, 9.17) is 23.2 Å². The molecule has 1 unspecified atom stereocenters. The molecule has 7 heteroatoms. The Labute approximate surface area is 198 Å². The van der Waals surface area contributed by atoms with Gasteiger partial charge in [0.15, 0.2) is 5.78 Å². The third-order valence-corrected chi connectivity index (χ3v) is 6.45. The van der Waals surface area contributed by atoms with Crippen LogP contribution in [-0.4, -0.2) is 16.7 Å². The van der Waals surface area contributed by atoms with Crippen LogP contribution < -0.4 is 10.2 Å². The van der Waals surface area contributed by atoms with Crippen LogP contribution in [0.3, 0.4) is 0 Å². The Morgan fingerprint density at radius 2 is 2.09 bits per heavy atom. The second-order valence-electron chi connectivity index (χ2n) is 9.01. The molecule has 2 aromatic rings. The number of carbonyl (C=O) groups is 2. The number of anilines is 2. The number of nitrogens with zero attached hydrogens (tertiary/aromatic N) is 2. The predicted octanol–water partition coefficient (Wildman–Crippen LogP) is 6.50. The molecule has 0 saturated carbocycles. The highest BCUT2D eigenvalue weighted by Crippen LogP contribution is 2.49. The maximum Gasteiger partial charge on any atom is 0.228 e. The number of amides is 1. The van der Waals surface area contributed by atoms with Crippen LogP contribution in [0.5, 0.6) is 0 Å². The summed E-state index contributed by atoms with van der Waals surface area (Å²) in [5.74, 6) is -0.122. The van der Waals surface area contributed by atoms with Gasteiger partial charge in [0.1, 0.15) is 0 Å². The molecule has 1 aliphatic heterocycles. The van der Waals surface area contributed by atoms with Crippen molar-refractivity contribution in [3.63, 3.8) is 0 Å². The molecule has 2 aliphatic rings. The van der Waals surface area contributed by atoms with E-state index in [2.05, 4.69) is 30.7 Å². The first-order valence-corrected chi connectivity index (χ1v) is 11.3. The number of allylic oxidation sites excluding steroid dienone is 2. The summed E-state index contributed by atoms with van der Waals surface area (Å²) in [6.45, 7) is 7.89. The number of carbonyl (C=O) groups excluding carboxylic acids is 2. The topological polar surface area (TPSA) is 62.3 Å². The third-order valence-electron chi connectivity index (χ3n) is 5.88. The zero-order valence-electron chi connectivity index (χ0n) is 18.1. The summed E-state index contributed by atoms with van der Waals surface area (Å²) < 4.78 is 0. The summed E-state index contributed by atoms with van der Waals surface area (Å²) in [5.41, 5.74) is 3.17. The molecule has 5 nitrogen and oxygen atoms in total. The van der Waals surface area contributed by atoms with Gasteiger partial charge in [-0.15, -0.1) is 6.58 Å². The number of ketones is 1. The highest BCUT2D eigenvalue weighted by atomic mass is 35.5. The van der Waals surface area contributed by atoms with Crippen LogP contribution in [0.2, 0.25) is 10.0 Å². The zero-order valence-corrected chi connectivity index (χ0v) is 19.6. The Balaban J connectivity index is 2.01. The van der Waals surface area contributed by atoms with E-state index in [1.165, 1.54) is 0 Å². The summed E-state index contributed by atoms with van der Waals surface area (Å²) in [6.07, 6.45) is 6.88. The van der Waals surface area contributed by atoms with Gasteiger partial charge >= 0.3 is 0 Å². The van der Waals surface area contributed by atoms with Crippen molar-refractivity contribution in [2.45, 2.75) is 45.6 Å². The maximum absolute atomic E-state index is 13.6. The van der Waals surface area contributed by atoms with Gasteiger partial charge in [-0.2, -0.15) is 0 Å². The normalized spacial score (nSPS) is 19.6. The Morgan fingerprint density at radius 1 is 1.31 bits per heavy atom. The number of nitrogens with one attached hydrogen (secondary N) is 1. The largest absolute Gasteiger partial charge is 0.356 e.